The van der Waals surface area contributed by atoms with Crippen molar-refractivity contribution in [1.82, 2.24) is 19.6 Å². The van der Waals surface area contributed by atoms with Crippen molar-refractivity contribution in [2.75, 3.05) is 5.32 Å². The van der Waals surface area contributed by atoms with Gasteiger partial charge in [-0.1, -0.05) is 30.3 Å². The second-order valence-corrected chi connectivity index (χ2v) is 5.89. The molecule has 9 nitrogen and oxygen atoms in total. The van der Waals surface area contributed by atoms with Crippen LogP contribution in [-0.2, 0) is 11.3 Å². The lowest BCUT2D eigenvalue weighted by Gasteiger charge is -2.09. The van der Waals surface area contributed by atoms with E-state index in [0.29, 0.717) is 18.1 Å². The average Bonchev–Trinajstić information content (AvgIpc) is 3.21. The smallest absolute Gasteiger partial charge is 0.358 e. The van der Waals surface area contributed by atoms with E-state index in [2.05, 4.69) is 15.5 Å². The van der Waals surface area contributed by atoms with E-state index in [-0.39, 0.29) is 11.7 Å². The molecule has 1 N–H and O–H groups in total. The SMILES string of the molecule is Cc1cc([N+](=O)[O-])nn1C(C)C(=O)Nc1ccn(Cc2ccccc2)n1. The van der Waals surface area contributed by atoms with Crippen LogP contribution in [0.15, 0.2) is 48.7 Å². The summed E-state index contributed by atoms with van der Waals surface area (Å²) in [6.45, 7) is 3.88. The van der Waals surface area contributed by atoms with Gasteiger partial charge in [0.2, 0.25) is 0 Å². The molecule has 3 aromatic rings. The third-order valence-electron chi connectivity index (χ3n) is 3.92. The van der Waals surface area contributed by atoms with Gasteiger partial charge in [-0.05, 0) is 24.3 Å². The molecule has 3 rings (SSSR count). The van der Waals surface area contributed by atoms with E-state index >= 15 is 0 Å². The minimum Gasteiger partial charge on any atom is -0.358 e. The quantitative estimate of drug-likeness (QED) is 0.540. The molecule has 134 valence electrons. The fraction of sp³-hybridized carbons (Fsp3) is 0.235. The summed E-state index contributed by atoms with van der Waals surface area (Å²) in [4.78, 5) is 22.7. The van der Waals surface area contributed by atoms with Crippen molar-refractivity contribution < 1.29 is 9.72 Å². The van der Waals surface area contributed by atoms with Crippen LogP contribution >= 0.6 is 0 Å². The summed E-state index contributed by atoms with van der Waals surface area (Å²) in [5.74, 6) is -0.220. The number of nitrogens with one attached hydrogen (secondary N) is 1. The normalized spacial score (nSPS) is 11.9. The Hall–Kier alpha value is -3.49. The first-order chi connectivity index (χ1) is 12.4. The first-order valence-corrected chi connectivity index (χ1v) is 8.03. The molecule has 0 spiro atoms. The van der Waals surface area contributed by atoms with Gasteiger partial charge < -0.3 is 15.4 Å². The Labute approximate surface area is 149 Å². The molecule has 1 amide bonds. The van der Waals surface area contributed by atoms with E-state index < -0.39 is 11.0 Å². The highest BCUT2D eigenvalue weighted by Crippen LogP contribution is 2.17. The van der Waals surface area contributed by atoms with E-state index in [9.17, 15) is 14.9 Å². The number of amides is 1. The fourth-order valence-corrected chi connectivity index (χ4v) is 2.58. The van der Waals surface area contributed by atoms with Crippen molar-refractivity contribution in [3.8, 4) is 0 Å². The molecular weight excluding hydrogens is 336 g/mol. The van der Waals surface area contributed by atoms with Crippen molar-refractivity contribution >= 4 is 17.5 Å². The maximum absolute atomic E-state index is 12.4. The third kappa shape index (κ3) is 3.77. The van der Waals surface area contributed by atoms with Crippen molar-refractivity contribution in [3.63, 3.8) is 0 Å². The van der Waals surface area contributed by atoms with Gasteiger partial charge in [-0.3, -0.25) is 9.48 Å². The third-order valence-corrected chi connectivity index (χ3v) is 3.92. The highest BCUT2D eigenvalue weighted by atomic mass is 16.6. The van der Waals surface area contributed by atoms with Crippen molar-refractivity contribution in [1.29, 1.82) is 0 Å². The van der Waals surface area contributed by atoms with Crippen LogP contribution in [-0.4, -0.2) is 30.4 Å². The lowest BCUT2D eigenvalue weighted by molar-refractivity contribution is -0.389. The zero-order valence-corrected chi connectivity index (χ0v) is 14.4. The summed E-state index contributed by atoms with van der Waals surface area (Å²) in [6.07, 6.45) is 1.78. The van der Waals surface area contributed by atoms with Crippen LogP contribution in [0.4, 0.5) is 11.6 Å². The lowest BCUT2D eigenvalue weighted by Crippen LogP contribution is -2.25. The number of benzene rings is 1. The maximum Gasteiger partial charge on any atom is 0.390 e. The van der Waals surface area contributed by atoms with E-state index in [1.807, 2.05) is 30.3 Å². The van der Waals surface area contributed by atoms with Crippen LogP contribution in [0.5, 0.6) is 0 Å². The molecule has 0 saturated carbocycles. The molecule has 0 aliphatic heterocycles. The summed E-state index contributed by atoms with van der Waals surface area (Å²) in [5, 5.41) is 21.7. The Morgan fingerprint density at radius 2 is 2.00 bits per heavy atom. The second kappa shape index (κ2) is 7.18. The molecule has 0 radical (unpaired) electrons. The minimum absolute atomic E-state index is 0.283. The predicted molar refractivity (Wildman–Crippen MR) is 94.7 cm³/mol. The number of carbonyl (C=O) groups excluding carboxylic acids is 1. The summed E-state index contributed by atoms with van der Waals surface area (Å²) in [5.41, 5.74) is 1.63. The first kappa shape index (κ1) is 17.3. The van der Waals surface area contributed by atoms with E-state index in [1.54, 1.807) is 30.8 Å². The van der Waals surface area contributed by atoms with Gasteiger partial charge in [0, 0.05) is 12.3 Å². The number of carbonyl (C=O) groups is 1. The number of nitro groups is 1. The Morgan fingerprint density at radius 3 is 2.65 bits per heavy atom. The van der Waals surface area contributed by atoms with E-state index in [1.165, 1.54) is 10.7 Å². The van der Waals surface area contributed by atoms with Crippen molar-refractivity contribution in [2.45, 2.75) is 26.4 Å². The van der Waals surface area contributed by atoms with Crippen LogP contribution in [0.2, 0.25) is 0 Å². The molecule has 1 atom stereocenters. The molecule has 9 heteroatoms. The van der Waals surface area contributed by atoms with Crippen LogP contribution in [0, 0.1) is 17.0 Å². The molecule has 2 aromatic heterocycles. The van der Waals surface area contributed by atoms with Crippen molar-refractivity contribution in [2.24, 2.45) is 0 Å². The molecule has 1 unspecified atom stereocenters. The van der Waals surface area contributed by atoms with Gasteiger partial charge in [0.05, 0.1) is 23.4 Å². The number of anilines is 1. The molecule has 0 aliphatic carbocycles. The van der Waals surface area contributed by atoms with Crippen LogP contribution < -0.4 is 5.32 Å². The fourth-order valence-electron chi connectivity index (χ4n) is 2.58. The lowest BCUT2D eigenvalue weighted by atomic mass is 10.2. The molecule has 26 heavy (non-hydrogen) atoms. The number of rotatable bonds is 6. The molecule has 2 heterocycles. The van der Waals surface area contributed by atoms with Crippen LogP contribution in [0.1, 0.15) is 24.2 Å². The monoisotopic (exact) mass is 354 g/mol. The first-order valence-electron chi connectivity index (χ1n) is 8.03. The summed E-state index contributed by atoms with van der Waals surface area (Å²) >= 11 is 0. The zero-order chi connectivity index (χ0) is 18.7. The zero-order valence-electron chi connectivity index (χ0n) is 14.4. The summed E-state index contributed by atoms with van der Waals surface area (Å²) in [6, 6.07) is 12.2. The van der Waals surface area contributed by atoms with Crippen molar-refractivity contribution in [3.05, 3.63) is 70.0 Å². The number of hydrogen-bond acceptors (Lipinski definition) is 5. The molecule has 1 aromatic carbocycles. The molecule has 0 saturated heterocycles. The Morgan fingerprint density at radius 1 is 1.27 bits per heavy atom. The number of nitrogens with zero attached hydrogens (tertiary/aromatic N) is 5. The second-order valence-electron chi connectivity index (χ2n) is 5.89. The average molecular weight is 354 g/mol. The topological polar surface area (TPSA) is 108 Å². The van der Waals surface area contributed by atoms with Gasteiger partial charge in [0.25, 0.3) is 5.91 Å². The van der Waals surface area contributed by atoms with Gasteiger partial charge >= 0.3 is 5.82 Å². The maximum atomic E-state index is 12.4. The van der Waals surface area contributed by atoms with Gasteiger partial charge in [-0.2, -0.15) is 9.78 Å². The molecule has 0 aliphatic rings. The predicted octanol–water partition coefficient (Wildman–Crippen LogP) is 2.54. The number of aryl methyl sites for hydroxylation is 1. The van der Waals surface area contributed by atoms with E-state index in [4.69, 9.17) is 0 Å². The van der Waals surface area contributed by atoms with E-state index in [0.717, 1.165) is 5.56 Å². The highest BCUT2D eigenvalue weighted by Gasteiger charge is 2.25. The Bertz CT molecular complexity index is 931. The number of hydrogen-bond donors (Lipinski definition) is 1. The Kier molecular flexibility index (Phi) is 4.78. The van der Waals surface area contributed by atoms with Crippen LogP contribution in [0.25, 0.3) is 0 Å². The summed E-state index contributed by atoms with van der Waals surface area (Å²) in [7, 11) is 0. The summed E-state index contributed by atoms with van der Waals surface area (Å²) < 4.78 is 3.05. The Balaban J connectivity index is 1.67. The van der Waals surface area contributed by atoms with Gasteiger partial charge in [0.15, 0.2) is 5.82 Å². The highest BCUT2D eigenvalue weighted by molar-refractivity contribution is 5.92. The molecule has 0 fully saturated rings. The van der Waals surface area contributed by atoms with Gasteiger partial charge in [0.1, 0.15) is 6.04 Å². The molecule has 0 bridgehead atoms. The molecular formula is C17H18N6O3. The van der Waals surface area contributed by atoms with Gasteiger partial charge in [-0.15, -0.1) is 0 Å². The largest absolute Gasteiger partial charge is 0.390 e. The van der Waals surface area contributed by atoms with Crippen LogP contribution in [0.3, 0.4) is 0 Å². The standard InChI is InChI=1S/C17H18N6O3/c1-12-10-16(23(25)26)20-22(12)13(2)17(24)18-15-8-9-21(19-15)11-14-6-4-3-5-7-14/h3-10,13H,11H2,1-2H3,(H,18,19,24). The number of aromatic nitrogens is 4. The minimum atomic E-state index is -0.706. The van der Waals surface area contributed by atoms with Gasteiger partial charge in [-0.25, -0.2) is 0 Å².